The normalized spacial score (nSPS) is 10.7. The third-order valence-corrected chi connectivity index (χ3v) is 4.99. The van der Waals surface area contributed by atoms with Crippen molar-refractivity contribution in [1.82, 2.24) is 9.55 Å². The first kappa shape index (κ1) is 18.4. The molecule has 132 valence electrons. The van der Waals surface area contributed by atoms with Crippen LogP contribution in [0, 0.1) is 0 Å². The predicted molar refractivity (Wildman–Crippen MR) is 106 cm³/mol. The Morgan fingerprint density at radius 2 is 1.69 bits per heavy atom. The summed E-state index contributed by atoms with van der Waals surface area (Å²) in [6.45, 7) is 1.86. The van der Waals surface area contributed by atoms with Gasteiger partial charge < -0.3 is 4.57 Å². The van der Waals surface area contributed by atoms with Gasteiger partial charge in [0.15, 0.2) is 5.12 Å². The molecule has 1 heterocycles. The summed E-state index contributed by atoms with van der Waals surface area (Å²) >= 11 is 7.52. The number of halogens is 1. The molecule has 0 bridgehead atoms. The van der Waals surface area contributed by atoms with Crippen LogP contribution < -0.4 is 5.56 Å². The van der Waals surface area contributed by atoms with Gasteiger partial charge in [0.25, 0.3) is 5.56 Å². The second-order valence-corrected chi connectivity index (χ2v) is 7.23. The largest absolute Gasteiger partial charge is 0.302 e. The van der Waals surface area contributed by atoms with Gasteiger partial charge in [-0.05, 0) is 5.56 Å². The van der Waals surface area contributed by atoms with Crippen molar-refractivity contribution in [2.45, 2.75) is 19.2 Å². The molecule has 4 nitrogen and oxygen atoms in total. The van der Waals surface area contributed by atoms with Crippen LogP contribution in [0.2, 0.25) is 5.15 Å². The molecule has 0 aliphatic heterocycles. The molecular formula is C20H17ClN2O2S. The van der Waals surface area contributed by atoms with Crippen molar-refractivity contribution in [1.29, 1.82) is 0 Å². The molecule has 6 heteroatoms. The molecule has 0 aliphatic rings. The lowest BCUT2D eigenvalue weighted by atomic mass is 10.1. The third kappa shape index (κ3) is 4.23. The average molecular weight is 385 g/mol. The molecule has 3 rings (SSSR count). The van der Waals surface area contributed by atoms with E-state index in [2.05, 4.69) is 4.98 Å². The van der Waals surface area contributed by atoms with Crippen molar-refractivity contribution < 1.29 is 4.79 Å². The van der Waals surface area contributed by atoms with Crippen molar-refractivity contribution in [2.24, 2.45) is 0 Å². The van der Waals surface area contributed by atoms with Gasteiger partial charge in [-0.2, -0.15) is 0 Å². The standard InChI is InChI=1S/C20H17ClN2O2S/c1-14(24)26-13-17-19(21)22-18(16-10-6-3-7-11-16)20(25)23(17)12-15-8-4-2-5-9-15/h2-11H,12-13H2,1H3. The third-order valence-electron chi connectivity index (χ3n) is 3.86. The minimum Gasteiger partial charge on any atom is -0.302 e. The van der Waals surface area contributed by atoms with E-state index in [-0.39, 0.29) is 15.8 Å². The molecule has 2 aromatic carbocycles. The van der Waals surface area contributed by atoms with Crippen LogP contribution in [-0.2, 0) is 17.1 Å². The summed E-state index contributed by atoms with van der Waals surface area (Å²) < 4.78 is 1.61. The summed E-state index contributed by atoms with van der Waals surface area (Å²) in [6.07, 6.45) is 0. The molecule has 1 aromatic heterocycles. The minimum atomic E-state index is -0.219. The highest BCUT2D eigenvalue weighted by atomic mass is 35.5. The molecule has 0 spiro atoms. The molecule has 0 unspecified atom stereocenters. The molecule has 0 saturated carbocycles. The maximum atomic E-state index is 13.1. The Bertz CT molecular complexity index is 972. The van der Waals surface area contributed by atoms with Crippen LogP contribution in [0.25, 0.3) is 11.3 Å². The van der Waals surface area contributed by atoms with Gasteiger partial charge in [0.2, 0.25) is 0 Å². The monoisotopic (exact) mass is 384 g/mol. The summed E-state index contributed by atoms with van der Waals surface area (Å²) in [5.74, 6) is 0.304. The van der Waals surface area contributed by atoms with Gasteiger partial charge >= 0.3 is 0 Å². The van der Waals surface area contributed by atoms with Gasteiger partial charge in [-0.25, -0.2) is 4.98 Å². The van der Waals surface area contributed by atoms with E-state index < -0.39 is 0 Å². The molecule has 0 amide bonds. The van der Waals surface area contributed by atoms with E-state index in [0.717, 1.165) is 17.3 Å². The van der Waals surface area contributed by atoms with Gasteiger partial charge in [0, 0.05) is 18.2 Å². The molecule has 0 N–H and O–H groups in total. The number of hydrogen-bond acceptors (Lipinski definition) is 4. The Morgan fingerprint density at radius 1 is 1.08 bits per heavy atom. The molecule has 0 radical (unpaired) electrons. The van der Waals surface area contributed by atoms with E-state index in [1.807, 2.05) is 60.7 Å². The number of thioether (sulfide) groups is 1. The molecule has 0 fully saturated rings. The van der Waals surface area contributed by atoms with E-state index in [1.165, 1.54) is 6.92 Å². The van der Waals surface area contributed by atoms with Gasteiger partial charge in [-0.15, -0.1) is 0 Å². The first-order chi connectivity index (χ1) is 12.6. The van der Waals surface area contributed by atoms with Gasteiger partial charge in [0.05, 0.1) is 12.2 Å². The maximum Gasteiger partial charge on any atom is 0.277 e. The fourth-order valence-electron chi connectivity index (χ4n) is 2.60. The quantitative estimate of drug-likeness (QED) is 0.654. The SMILES string of the molecule is CC(=O)SCc1c(Cl)nc(-c2ccccc2)c(=O)n1Cc1ccccc1. The fraction of sp³-hybridized carbons (Fsp3) is 0.150. The number of nitrogens with zero attached hydrogens (tertiary/aromatic N) is 2. The molecule has 26 heavy (non-hydrogen) atoms. The lowest BCUT2D eigenvalue weighted by molar-refractivity contribution is -0.109. The first-order valence-electron chi connectivity index (χ1n) is 8.08. The number of aromatic nitrogens is 2. The number of rotatable bonds is 5. The summed E-state index contributed by atoms with van der Waals surface area (Å²) in [5.41, 5.74) is 2.34. The average Bonchev–Trinajstić information content (AvgIpc) is 2.65. The lowest BCUT2D eigenvalue weighted by Gasteiger charge is -2.15. The smallest absolute Gasteiger partial charge is 0.277 e. The maximum absolute atomic E-state index is 13.1. The van der Waals surface area contributed by atoms with Crippen LogP contribution in [-0.4, -0.2) is 14.7 Å². The fourth-order valence-corrected chi connectivity index (χ4v) is 3.56. The number of benzene rings is 2. The molecular weight excluding hydrogens is 368 g/mol. The zero-order chi connectivity index (χ0) is 18.5. The number of carbonyl (C=O) groups excluding carboxylic acids is 1. The first-order valence-corrected chi connectivity index (χ1v) is 9.44. The van der Waals surface area contributed by atoms with Crippen LogP contribution in [0.5, 0.6) is 0 Å². The van der Waals surface area contributed by atoms with Crippen LogP contribution in [0.1, 0.15) is 18.2 Å². The van der Waals surface area contributed by atoms with Gasteiger partial charge in [-0.3, -0.25) is 9.59 Å². The van der Waals surface area contributed by atoms with Crippen LogP contribution in [0.3, 0.4) is 0 Å². The Balaban J connectivity index is 2.14. The topological polar surface area (TPSA) is 52.0 Å². The molecule has 0 aliphatic carbocycles. The van der Waals surface area contributed by atoms with E-state index in [0.29, 0.717) is 29.2 Å². The van der Waals surface area contributed by atoms with Crippen LogP contribution >= 0.6 is 23.4 Å². The molecule has 3 aromatic rings. The highest BCUT2D eigenvalue weighted by Gasteiger charge is 2.17. The van der Waals surface area contributed by atoms with Gasteiger partial charge in [0.1, 0.15) is 10.8 Å². The zero-order valence-corrected chi connectivity index (χ0v) is 15.8. The van der Waals surface area contributed by atoms with Crippen molar-refractivity contribution in [3.05, 3.63) is 87.4 Å². The van der Waals surface area contributed by atoms with Crippen molar-refractivity contribution in [2.75, 3.05) is 0 Å². The second kappa shape index (κ2) is 8.34. The highest BCUT2D eigenvalue weighted by molar-refractivity contribution is 8.12. The summed E-state index contributed by atoms with van der Waals surface area (Å²) in [7, 11) is 0. The summed E-state index contributed by atoms with van der Waals surface area (Å²) in [6, 6.07) is 18.9. The summed E-state index contributed by atoms with van der Waals surface area (Å²) in [5, 5.41) is 0.208. The second-order valence-electron chi connectivity index (χ2n) is 5.72. The molecule has 0 saturated heterocycles. The van der Waals surface area contributed by atoms with E-state index in [1.54, 1.807) is 4.57 Å². The van der Waals surface area contributed by atoms with Crippen molar-refractivity contribution in [3.8, 4) is 11.3 Å². The minimum absolute atomic E-state index is 0.0353. The van der Waals surface area contributed by atoms with Crippen LogP contribution in [0.4, 0.5) is 0 Å². The van der Waals surface area contributed by atoms with E-state index >= 15 is 0 Å². The summed E-state index contributed by atoms with van der Waals surface area (Å²) in [4.78, 5) is 28.9. The Kier molecular flexibility index (Phi) is 5.91. The Morgan fingerprint density at radius 3 is 2.31 bits per heavy atom. The Hall–Kier alpha value is -2.37. The molecule has 0 atom stereocenters. The van der Waals surface area contributed by atoms with Crippen molar-refractivity contribution >= 4 is 28.5 Å². The highest BCUT2D eigenvalue weighted by Crippen LogP contribution is 2.23. The van der Waals surface area contributed by atoms with Gasteiger partial charge in [-0.1, -0.05) is 84.0 Å². The number of carbonyl (C=O) groups is 1. The zero-order valence-electron chi connectivity index (χ0n) is 14.2. The Labute approximate surface area is 160 Å². The van der Waals surface area contributed by atoms with E-state index in [9.17, 15) is 9.59 Å². The predicted octanol–water partition coefficient (Wildman–Crippen LogP) is 4.39. The lowest BCUT2D eigenvalue weighted by Crippen LogP contribution is -2.27. The van der Waals surface area contributed by atoms with Crippen molar-refractivity contribution in [3.63, 3.8) is 0 Å². The van der Waals surface area contributed by atoms with E-state index in [4.69, 9.17) is 11.6 Å². The van der Waals surface area contributed by atoms with Crippen LogP contribution in [0.15, 0.2) is 65.5 Å². The number of hydrogen-bond donors (Lipinski definition) is 0.